The average Bonchev–Trinajstić information content (AvgIpc) is 2.42. The summed E-state index contributed by atoms with van der Waals surface area (Å²) in [6, 6.07) is 11.6. The van der Waals surface area contributed by atoms with Crippen LogP contribution in [0.3, 0.4) is 0 Å². The first kappa shape index (κ1) is 14.7. The molecule has 0 radical (unpaired) electrons. The zero-order valence-corrected chi connectivity index (χ0v) is 12.7. The summed E-state index contributed by atoms with van der Waals surface area (Å²) in [5.41, 5.74) is 1.22. The molecule has 0 fully saturated rings. The number of rotatable bonds is 3. The quantitative estimate of drug-likeness (QED) is 0.725. The molecule has 0 atom stereocenters. The van der Waals surface area contributed by atoms with E-state index in [0.29, 0.717) is 11.6 Å². The molecule has 4 nitrogen and oxygen atoms in total. The SMILES string of the molecule is O=C(NCc1ccccc1Br)Nc1cc(Cl)ccc1O. The van der Waals surface area contributed by atoms with Crippen LogP contribution in [0.25, 0.3) is 0 Å². The molecule has 0 aromatic heterocycles. The Kier molecular flexibility index (Phi) is 4.87. The van der Waals surface area contributed by atoms with Crippen LogP contribution < -0.4 is 10.6 Å². The summed E-state index contributed by atoms with van der Waals surface area (Å²) >= 11 is 9.21. The molecule has 0 aliphatic carbocycles. The highest BCUT2D eigenvalue weighted by molar-refractivity contribution is 9.10. The van der Waals surface area contributed by atoms with E-state index in [1.807, 2.05) is 24.3 Å². The van der Waals surface area contributed by atoms with Crippen LogP contribution in [-0.2, 0) is 6.54 Å². The van der Waals surface area contributed by atoms with Crippen LogP contribution in [-0.4, -0.2) is 11.1 Å². The fourth-order valence-corrected chi connectivity index (χ4v) is 2.19. The van der Waals surface area contributed by atoms with Gasteiger partial charge in [0, 0.05) is 16.0 Å². The minimum absolute atomic E-state index is 0.0366. The third kappa shape index (κ3) is 3.88. The van der Waals surface area contributed by atoms with Crippen molar-refractivity contribution in [2.75, 3.05) is 5.32 Å². The highest BCUT2D eigenvalue weighted by atomic mass is 79.9. The molecule has 0 bridgehead atoms. The molecule has 3 N–H and O–H groups in total. The number of anilines is 1. The molecule has 0 aliphatic rings. The molecule has 2 rings (SSSR count). The Balaban J connectivity index is 1.96. The largest absolute Gasteiger partial charge is 0.506 e. The minimum atomic E-state index is -0.418. The predicted molar refractivity (Wildman–Crippen MR) is 83.1 cm³/mol. The zero-order chi connectivity index (χ0) is 14.5. The molecular formula is C14H12BrClN2O2. The monoisotopic (exact) mass is 354 g/mol. The standard InChI is InChI=1S/C14H12BrClN2O2/c15-11-4-2-1-3-9(11)8-17-14(20)18-12-7-10(16)5-6-13(12)19/h1-7,19H,8H2,(H2,17,18,20). The minimum Gasteiger partial charge on any atom is -0.506 e. The molecule has 0 saturated carbocycles. The average molecular weight is 356 g/mol. The highest BCUT2D eigenvalue weighted by Gasteiger charge is 2.07. The first-order valence-corrected chi connectivity index (χ1v) is 7.00. The van der Waals surface area contributed by atoms with Crippen LogP contribution in [0.4, 0.5) is 10.5 Å². The molecule has 2 aromatic rings. The third-order valence-corrected chi connectivity index (χ3v) is 3.61. The van der Waals surface area contributed by atoms with Gasteiger partial charge in [0.1, 0.15) is 5.75 Å². The van der Waals surface area contributed by atoms with Crippen molar-refractivity contribution in [1.82, 2.24) is 5.32 Å². The fourth-order valence-electron chi connectivity index (χ4n) is 1.59. The van der Waals surface area contributed by atoms with Gasteiger partial charge in [-0.3, -0.25) is 0 Å². The summed E-state index contributed by atoms with van der Waals surface area (Å²) in [6.07, 6.45) is 0. The number of hydrogen-bond donors (Lipinski definition) is 3. The van der Waals surface area contributed by atoms with Crippen molar-refractivity contribution in [3.8, 4) is 5.75 Å². The second kappa shape index (κ2) is 6.63. The molecule has 20 heavy (non-hydrogen) atoms. The van der Waals surface area contributed by atoms with Gasteiger partial charge in [-0.25, -0.2) is 4.79 Å². The number of phenolic OH excluding ortho intramolecular Hbond substituents is 1. The lowest BCUT2D eigenvalue weighted by Crippen LogP contribution is -2.28. The Hall–Kier alpha value is -1.72. The van der Waals surface area contributed by atoms with Crippen molar-refractivity contribution in [1.29, 1.82) is 0 Å². The van der Waals surface area contributed by atoms with Crippen molar-refractivity contribution < 1.29 is 9.90 Å². The van der Waals surface area contributed by atoms with Gasteiger partial charge in [0.05, 0.1) is 5.69 Å². The van der Waals surface area contributed by atoms with E-state index in [1.54, 1.807) is 6.07 Å². The van der Waals surface area contributed by atoms with Gasteiger partial charge in [0.15, 0.2) is 0 Å². The maximum absolute atomic E-state index is 11.8. The van der Waals surface area contributed by atoms with Gasteiger partial charge in [-0.1, -0.05) is 45.7 Å². The van der Waals surface area contributed by atoms with Gasteiger partial charge in [0.25, 0.3) is 0 Å². The fraction of sp³-hybridized carbons (Fsp3) is 0.0714. The number of aromatic hydroxyl groups is 1. The van der Waals surface area contributed by atoms with E-state index in [-0.39, 0.29) is 11.4 Å². The topological polar surface area (TPSA) is 61.4 Å². The van der Waals surface area contributed by atoms with E-state index >= 15 is 0 Å². The van der Waals surface area contributed by atoms with E-state index in [0.717, 1.165) is 10.0 Å². The molecule has 0 spiro atoms. The van der Waals surface area contributed by atoms with Crippen molar-refractivity contribution >= 4 is 39.2 Å². The summed E-state index contributed by atoms with van der Waals surface area (Å²) in [4.78, 5) is 11.8. The second-order valence-electron chi connectivity index (χ2n) is 4.06. The van der Waals surface area contributed by atoms with Crippen molar-refractivity contribution in [3.63, 3.8) is 0 Å². The number of carbonyl (C=O) groups excluding carboxylic acids is 1. The Morgan fingerprint density at radius 3 is 2.75 bits per heavy atom. The summed E-state index contributed by atoms with van der Waals surface area (Å²) in [5, 5.41) is 15.3. The maximum Gasteiger partial charge on any atom is 0.319 e. The Morgan fingerprint density at radius 1 is 1.25 bits per heavy atom. The van der Waals surface area contributed by atoms with Crippen LogP contribution >= 0.6 is 27.5 Å². The molecule has 2 amide bonds. The van der Waals surface area contributed by atoms with Crippen molar-refractivity contribution in [3.05, 3.63) is 57.5 Å². The van der Waals surface area contributed by atoms with E-state index < -0.39 is 6.03 Å². The highest BCUT2D eigenvalue weighted by Crippen LogP contribution is 2.26. The summed E-state index contributed by atoms with van der Waals surface area (Å²) in [6.45, 7) is 0.370. The number of benzene rings is 2. The number of phenols is 1. The molecule has 2 aromatic carbocycles. The maximum atomic E-state index is 11.8. The lowest BCUT2D eigenvalue weighted by atomic mass is 10.2. The molecule has 0 saturated heterocycles. The Labute approximate surface area is 129 Å². The van der Waals surface area contributed by atoms with Gasteiger partial charge in [0.2, 0.25) is 0 Å². The van der Waals surface area contributed by atoms with Gasteiger partial charge in [-0.2, -0.15) is 0 Å². The number of halogens is 2. The van der Waals surface area contributed by atoms with E-state index in [1.165, 1.54) is 12.1 Å². The van der Waals surface area contributed by atoms with Gasteiger partial charge < -0.3 is 15.7 Å². The lowest BCUT2D eigenvalue weighted by molar-refractivity contribution is 0.251. The molecule has 6 heteroatoms. The van der Waals surface area contributed by atoms with E-state index in [4.69, 9.17) is 11.6 Å². The van der Waals surface area contributed by atoms with Gasteiger partial charge in [-0.15, -0.1) is 0 Å². The second-order valence-corrected chi connectivity index (χ2v) is 5.35. The first-order valence-electron chi connectivity index (χ1n) is 5.83. The summed E-state index contributed by atoms with van der Waals surface area (Å²) in [5.74, 6) is -0.0366. The molecule has 104 valence electrons. The smallest absolute Gasteiger partial charge is 0.319 e. The Bertz CT molecular complexity index is 634. The molecule has 0 aliphatic heterocycles. The van der Waals surface area contributed by atoms with Gasteiger partial charge >= 0.3 is 6.03 Å². The number of carbonyl (C=O) groups is 1. The number of hydrogen-bond acceptors (Lipinski definition) is 2. The summed E-state index contributed by atoms with van der Waals surface area (Å²) in [7, 11) is 0. The first-order chi connectivity index (χ1) is 9.56. The third-order valence-electron chi connectivity index (χ3n) is 2.60. The summed E-state index contributed by atoms with van der Waals surface area (Å²) < 4.78 is 0.922. The van der Waals surface area contributed by atoms with Crippen LogP contribution in [0.2, 0.25) is 5.02 Å². The van der Waals surface area contributed by atoms with Crippen LogP contribution in [0.5, 0.6) is 5.75 Å². The van der Waals surface area contributed by atoms with Crippen molar-refractivity contribution in [2.45, 2.75) is 6.54 Å². The Morgan fingerprint density at radius 2 is 2.00 bits per heavy atom. The number of amides is 2. The van der Waals surface area contributed by atoms with E-state index in [2.05, 4.69) is 26.6 Å². The van der Waals surface area contributed by atoms with Gasteiger partial charge in [-0.05, 0) is 29.8 Å². The van der Waals surface area contributed by atoms with Crippen LogP contribution in [0, 0.1) is 0 Å². The van der Waals surface area contributed by atoms with Crippen molar-refractivity contribution in [2.24, 2.45) is 0 Å². The number of urea groups is 1. The molecular weight excluding hydrogens is 344 g/mol. The molecule has 0 heterocycles. The molecule has 0 unspecified atom stereocenters. The van der Waals surface area contributed by atoms with E-state index in [9.17, 15) is 9.90 Å². The van der Waals surface area contributed by atoms with Crippen LogP contribution in [0.15, 0.2) is 46.9 Å². The predicted octanol–water partition coefficient (Wildman–Crippen LogP) is 4.13. The lowest BCUT2D eigenvalue weighted by Gasteiger charge is -2.10. The zero-order valence-electron chi connectivity index (χ0n) is 10.4. The normalized spacial score (nSPS) is 10.1. The number of nitrogens with one attached hydrogen (secondary N) is 2. The van der Waals surface area contributed by atoms with Crippen LogP contribution in [0.1, 0.15) is 5.56 Å².